The number of nitrogens with zero attached hydrogens (tertiary/aromatic N) is 1. The predicted molar refractivity (Wildman–Crippen MR) is 70.8 cm³/mol. The number of hydrogen-bond acceptors (Lipinski definition) is 3. The van der Waals surface area contributed by atoms with E-state index in [9.17, 15) is 4.79 Å². The molecule has 3 nitrogen and oxygen atoms in total. The molecule has 4 heteroatoms. The highest BCUT2D eigenvalue weighted by Gasteiger charge is 2.32. The van der Waals surface area contributed by atoms with Gasteiger partial charge in [0.1, 0.15) is 6.17 Å². The Hall–Kier alpha value is -0.870. The van der Waals surface area contributed by atoms with Gasteiger partial charge in [0.05, 0.1) is 6.54 Å². The fourth-order valence-corrected chi connectivity index (χ4v) is 2.66. The van der Waals surface area contributed by atoms with Crippen LogP contribution >= 0.6 is 11.3 Å². The average Bonchev–Trinajstić information content (AvgIpc) is 2.82. The Morgan fingerprint density at radius 2 is 2.29 bits per heavy atom. The van der Waals surface area contributed by atoms with Gasteiger partial charge in [0.15, 0.2) is 0 Å². The van der Waals surface area contributed by atoms with E-state index in [-0.39, 0.29) is 17.5 Å². The molecule has 1 unspecified atom stereocenters. The van der Waals surface area contributed by atoms with Gasteiger partial charge in [-0.15, -0.1) is 0 Å². The van der Waals surface area contributed by atoms with Crippen molar-refractivity contribution >= 4 is 17.2 Å². The molecule has 1 aliphatic rings. The molecule has 1 fully saturated rings. The summed E-state index contributed by atoms with van der Waals surface area (Å²) < 4.78 is 0. The molecule has 1 atom stereocenters. The molecule has 0 saturated carbocycles. The van der Waals surface area contributed by atoms with E-state index in [1.165, 1.54) is 5.56 Å². The molecule has 0 spiro atoms. The Kier molecular flexibility index (Phi) is 3.54. The van der Waals surface area contributed by atoms with Crippen molar-refractivity contribution < 1.29 is 4.79 Å². The SMILES string of the molecule is CC(C)(C)CCN1C(=O)CNC1c1ccsc1. The summed E-state index contributed by atoms with van der Waals surface area (Å²) in [5.41, 5.74) is 1.47. The molecule has 0 aliphatic carbocycles. The maximum atomic E-state index is 11.9. The van der Waals surface area contributed by atoms with Gasteiger partial charge in [0.2, 0.25) is 5.91 Å². The molecule has 1 amide bonds. The standard InChI is InChI=1S/C13H20N2OS/c1-13(2,3)5-6-15-11(16)8-14-12(15)10-4-7-17-9-10/h4,7,9,12,14H,5-6,8H2,1-3H3. The fourth-order valence-electron chi connectivity index (χ4n) is 1.98. The lowest BCUT2D eigenvalue weighted by molar-refractivity contribution is -0.128. The molecule has 17 heavy (non-hydrogen) atoms. The zero-order valence-corrected chi connectivity index (χ0v) is 11.5. The van der Waals surface area contributed by atoms with Gasteiger partial charge >= 0.3 is 0 Å². The van der Waals surface area contributed by atoms with Crippen LogP contribution in [0.4, 0.5) is 0 Å². The van der Waals surface area contributed by atoms with Crippen LogP contribution in [-0.4, -0.2) is 23.9 Å². The minimum atomic E-state index is 0.0797. The molecular weight excluding hydrogens is 232 g/mol. The van der Waals surface area contributed by atoms with E-state index in [1.54, 1.807) is 11.3 Å². The van der Waals surface area contributed by atoms with Gasteiger partial charge < -0.3 is 4.90 Å². The van der Waals surface area contributed by atoms with E-state index in [1.807, 2.05) is 4.90 Å². The van der Waals surface area contributed by atoms with Crippen LogP contribution in [0.25, 0.3) is 0 Å². The number of nitrogens with one attached hydrogen (secondary N) is 1. The third-order valence-corrected chi connectivity index (χ3v) is 3.74. The van der Waals surface area contributed by atoms with Gasteiger partial charge in [-0.05, 0) is 34.2 Å². The highest BCUT2D eigenvalue weighted by molar-refractivity contribution is 7.07. The lowest BCUT2D eigenvalue weighted by Gasteiger charge is -2.27. The third kappa shape index (κ3) is 3.07. The first-order valence-electron chi connectivity index (χ1n) is 6.02. The molecule has 1 aromatic rings. The van der Waals surface area contributed by atoms with E-state index in [4.69, 9.17) is 0 Å². The molecule has 1 saturated heterocycles. The van der Waals surface area contributed by atoms with E-state index < -0.39 is 0 Å². The summed E-state index contributed by atoms with van der Waals surface area (Å²) in [6, 6.07) is 2.09. The first-order chi connectivity index (χ1) is 7.97. The van der Waals surface area contributed by atoms with Crippen LogP contribution in [0.3, 0.4) is 0 Å². The van der Waals surface area contributed by atoms with Crippen molar-refractivity contribution in [2.24, 2.45) is 5.41 Å². The molecule has 1 N–H and O–H groups in total. The first-order valence-corrected chi connectivity index (χ1v) is 6.97. The van der Waals surface area contributed by atoms with Crippen LogP contribution in [-0.2, 0) is 4.79 Å². The Labute approximate surface area is 107 Å². The molecule has 2 rings (SSSR count). The molecule has 1 aromatic heterocycles. The van der Waals surface area contributed by atoms with Gasteiger partial charge in [-0.2, -0.15) is 11.3 Å². The lowest BCUT2D eigenvalue weighted by Crippen LogP contribution is -2.32. The zero-order chi connectivity index (χ0) is 12.5. The smallest absolute Gasteiger partial charge is 0.238 e. The largest absolute Gasteiger partial charge is 0.322 e. The molecule has 0 radical (unpaired) electrons. The number of carbonyl (C=O) groups excluding carboxylic acids is 1. The number of rotatable bonds is 3. The minimum Gasteiger partial charge on any atom is -0.322 e. The quantitative estimate of drug-likeness (QED) is 0.897. The second-order valence-electron chi connectivity index (χ2n) is 5.74. The van der Waals surface area contributed by atoms with Crippen molar-refractivity contribution in [2.45, 2.75) is 33.4 Å². The van der Waals surface area contributed by atoms with Crippen LogP contribution in [0.5, 0.6) is 0 Å². The monoisotopic (exact) mass is 252 g/mol. The van der Waals surface area contributed by atoms with Gasteiger partial charge in [-0.25, -0.2) is 0 Å². The maximum Gasteiger partial charge on any atom is 0.238 e. The number of hydrogen-bond donors (Lipinski definition) is 1. The van der Waals surface area contributed by atoms with Crippen LogP contribution in [0.1, 0.15) is 38.9 Å². The van der Waals surface area contributed by atoms with Crippen molar-refractivity contribution in [3.8, 4) is 0 Å². The average molecular weight is 252 g/mol. The zero-order valence-electron chi connectivity index (χ0n) is 10.7. The van der Waals surface area contributed by atoms with E-state index in [0.29, 0.717) is 6.54 Å². The van der Waals surface area contributed by atoms with Crippen molar-refractivity contribution in [1.82, 2.24) is 10.2 Å². The summed E-state index contributed by atoms with van der Waals surface area (Å²) in [5, 5.41) is 7.45. The number of amides is 1. The summed E-state index contributed by atoms with van der Waals surface area (Å²) in [6.45, 7) is 7.92. The summed E-state index contributed by atoms with van der Waals surface area (Å²) in [4.78, 5) is 13.8. The van der Waals surface area contributed by atoms with Crippen LogP contribution < -0.4 is 5.32 Å². The van der Waals surface area contributed by atoms with E-state index in [2.05, 4.69) is 42.9 Å². The molecular formula is C13H20N2OS. The molecule has 2 heterocycles. The molecule has 0 aromatic carbocycles. The third-order valence-electron chi connectivity index (χ3n) is 3.04. The summed E-state index contributed by atoms with van der Waals surface area (Å²) >= 11 is 1.68. The first kappa shape index (κ1) is 12.6. The van der Waals surface area contributed by atoms with Crippen LogP contribution in [0.15, 0.2) is 16.8 Å². The normalized spacial score (nSPS) is 21.2. The van der Waals surface area contributed by atoms with Crippen molar-refractivity contribution in [3.63, 3.8) is 0 Å². The summed E-state index contributed by atoms with van der Waals surface area (Å²) in [7, 11) is 0. The molecule has 0 bridgehead atoms. The molecule has 1 aliphatic heterocycles. The van der Waals surface area contributed by atoms with Crippen molar-refractivity contribution in [1.29, 1.82) is 0 Å². The maximum absolute atomic E-state index is 11.9. The van der Waals surface area contributed by atoms with E-state index >= 15 is 0 Å². The van der Waals surface area contributed by atoms with Gasteiger partial charge in [0.25, 0.3) is 0 Å². The lowest BCUT2D eigenvalue weighted by atomic mass is 9.92. The predicted octanol–water partition coefficient (Wildman–Crippen LogP) is 2.61. The number of thiophene rings is 1. The summed E-state index contributed by atoms with van der Waals surface area (Å²) in [6.07, 6.45) is 1.11. The second-order valence-corrected chi connectivity index (χ2v) is 6.52. The summed E-state index contributed by atoms with van der Waals surface area (Å²) in [5.74, 6) is 0.213. The van der Waals surface area contributed by atoms with Crippen molar-refractivity contribution in [3.05, 3.63) is 22.4 Å². The Bertz CT molecular complexity index is 381. The molecule has 94 valence electrons. The Morgan fingerprint density at radius 3 is 2.88 bits per heavy atom. The highest BCUT2D eigenvalue weighted by Crippen LogP contribution is 2.27. The fraction of sp³-hybridized carbons (Fsp3) is 0.615. The minimum absolute atomic E-state index is 0.0797. The van der Waals surface area contributed by atoms with E-state index in [0.717, 1.165) is 13.0 Å². The second kappa shape index (κ2) is 4.78. The Balaban J connectivity index is 2.05. The van der Waals surface area contributed by atoms with Gasteiger partial charge in [-0.3, -0.25) is 10.1 Å². The van der Waals surface area contributed by atoms with Crippen molar-refractivity contribution in [2.75, 3.05) is 13.1 Å². The van der Waals surface area contributed by atoms with Gasteiger partial charge in [-0.1, -0.05) is 20.8 Å². The topological polar surface area (TPSA) is 32.3 Å². The number of carbonyl (C=O) groups is 1. The highest BCUT2D eigenvalue weighted by atomic mass is 32.1. The van der Waals surface area contributed by atoms with Gasteiger partial charge in [0, 0.05) is 6.54 Å². The van der Waals surface area contributed by atoms with Crippen LogP contribution in [0.2, 0.25) is 0 Å². The van der Waals surface area contributed by atoms with Crippen LogP contribution in [0, 0.1) is 5.41 Å². The Morgan fingerprint density at radius 1 is 1.53 bits per heavy atom.